The van der Waals surface area contributed by atoms with Crippen LogP contribution in [0, 0.1) is 5.92 Å². The second-order valence-corrected chi connectivity index (χ2v) is 4.92. The van der Waals surface area contributed by atoms with Gasteiger partial charge in [0.25, 0.3) is 0 Å². The summed E-state index contributed by atoms with van der Waals surface area (Å²) >= 11 is 0. The van der Waals surface area contributed by atoms with Gasteiger partial charge in [0.2, 0.25) is 0 Å². The van der Waals surface area contributed by atoms with Gasteiger partial charge in [-0.2, -0.15) is 0 Å². The fourth-order valence-electron chi connectivity index (χ4n) is 3.34. The van der Waals surface area contributed by atoms with Gasteiger partial charge in [-0.15, -0.1) is 0 Å². The number of nitrogens with zero attached hydrogens (tertiary/aromatic N) is 1. The van der Waals surface area contributed by atoms with Crippen molar-refractivity contribution in [2.45, 2.75) is 45.1 Å². The molecule has 0 aliphatic carbocycles. The van der Waals surface area contributed by atoms with Gasteiger partial charge in [0.1, 0.15) is 0 Å². The first kappa shape index (κ1) is 10.4. The highest BCUT2D eigenvalue weighted by atomic mass is 15.2. The van der Waals surface area contributed by atoms with Crippen LogP contribution in [0.4, 0.5) is 0 Å². The van der Waals surface area contributed by atoms with Crippen molar-refractivity contribution < 1.29 is 0 Å². The van der Waals surface area contributed by atoms with Crippen molar-refractivity contribution in [3.63, 3.8) is 0 Å². The molecule has 0 amide bonds. The molecule has 0 aromatic carbocycles. The molecule has 14 heavy (non-hydrogen) atoms. The molecule has 2 fully saturated rings. The summed E-state index contributed by atoms with van der Waals surface area (Å²) in [6.07, 6.45) is 5.52. The molecule has 0 spiro atoms. The van der Waals surface area contributed by atoms with Gasteiger partial charge in [-0.25, -0.2) is 0 Å². The molecule has 2 aliphatic rings. The second kappa shape index (κ2) is 4.19. The predicted molar refractivity (Wildman–Crippen MR) is 60.5 cm³/mol. The van der Waals surface area contributed by atoms with E-state index >= 15 is 0 Å². The van der Waals surface area contributed by atoms with Crippen LogP contribution in [-0.4, -0.2) is 36.6 Å². The largest absolute Gasteiger partial charge is 0.311 e. The van der Waals surface area contributed by atoms with E-state index in [4.69, 9.17) is 0 Å². The van der Waals surface area contributed by atoms with E-state index in [1.165, 1.54) is 51.9 Å². The average molecular weight is 196 g/mol. The van der Waals surface area contributed by atoms with Crippen LogP contribution in [0.2, 0.25) is 0 Å². The quantitative estimate of drug-likeness (QED) is 0.741. The first-order valence-corrected chi connectivity index (χ1v) is 6.28. The van der Waals surface area contributed by atoms with Gasteiger partial charge in [-0.05, 0) is 51.2 Å². The molecule has 0 radical (unpaired) electrons. The van der Waals surface area contributed by atoms with Crippen molar-refractivity contribution in [3.05, 3.63) is 0 Å². The number of nitrogens with one attached hydrogen (secondary N) is 1. The van der Waals surface area contributed by atoms with E-state index in [0.717, 1.165) is 5.92 Å². The minimum absolute atomic E-state index is 0.504. The van der Waals surface area contributed by atoms with Crippen LogP contribution >= 0.6 is 0 Å². The molecule has 2 rings (SSSR count). The molecule has 0 aromatic heterocycles. The third-order valence-electron chi connectivity index (χ3n) is 4.41. The zero-order valence-corrected chi connectivity index (χ0v) is 9.68. The Morgan fingerprint density at radius 3 is 2.79 bits per heavy atom. The minimum atomic E-state index is 0.504. The first-order chi connectivity index (χ1) is 6.80. The molecule has 2 atom stereocenters. The van der Waals surface area contributed by atoms with Crippen LogP contribution in [0.25, 0.3) is 0 Å². The summed E-state index contributed by atoms with van der Waals surface area (Å²) in [5, 5.41) is 3.78. The van der Waals surface area contributed by atoms with Gasteiger partial charge < -0.3 is 10.2 Å². The van der Waals surface area contributed by atoms with Gasteiger partial charge >= 0.3 is 0 Å². The normalized spacial score (nSPS) is 39.4. The second-order valence-electron chi connectivity index (χ2n) is 4.92. The van der Waals surface area contributed by atoms with Crippen LogP contribution < -0.4 is 5.32 Å². The molecule has 2 heteroatoms. The maximum absolute atomic E-state index is 3.78. The van der Waals surface area contributed by atoms with Crippen LogP contribution in [-0.2, 0) is 0 Å². The summed E-state index contributed by atoms with van der Waals surface area (Å²) in [6.45, 7) is 9.77. The standard InChI is InChI=1S/C12H24N2/c1-3-12(7-5-8-13-12)11-6-9-14(4-2)10-11/h11,13H,3-10H2,1-2H3. The zero-order chi connectivity index (χ0) is 10.0. The zero-order valence-electron chi connectivity index (χ0n) is 9.68. The van der Waals surface area contributed by atoms with Crippen LogP contribution in [0.15, 0.2) is 0 Å². The van der Waals surface area contributed by atoms with Gasteiger partial charge in [0.05, 0.1) is 0 Å². The third kappa shape index (κ3) is 1.70. The number of likely N-dealkylation sites (tertiary alicyclic amines) is 1. The molecule has 2 heterocycles. The first-order valence-electron chi connectivity index (χ1n) is 6.28. The summed E-state index contributed by atoms with van der Waals surface area (Å²) in [7, 11) is 0. The topological polar surface area (TPSA) is 15.3 Å². The lowest BCUT2D eigenvalue weighted by Gasteiger charge is -2.35. The van der Waals surface area contributed by atoms with E-state index in [1.54, 1.807) is 0 Å². The summed E-state index contributed by atoms with van der Waals surface area (Å²) in [5.74, 6) is 0.912. The van der Waals surface area contributed by atoms with Crippen molar-refractivity contribution in [2.24, 2.45) is 5.92 Å². The molecule has 0 saturated carbocycles. The van der Waals surface area contributed by atoms with E-state index < -0.39 is 0 Å². The Balaban J connectivity index is 1.99. The summed E-state index contributed by atoms with van der Waals surface area (Å²) in [4.78, 5) is 2.60. The fourth-order valence-corrected chi connectivity index (χ4v) is 3.34. The summed E-state index contributed by atoms with van der Waals surface area (Å²) in [5.41, 5.74) is 0.504. The molecule has 2 unspecified atom stereocenters. The Hall–Kier alpha value is -0.0800. The van der Waals surface area contributed by atoms with Crippen LogP contribution in [0.3, 0.4) is 0 Å². The Kier molecular flexibility index (Phi) is 3.13. The molecule has 82 valence electrons. The van der Waals surface area contributed by atoms with E-state index in [2.05, 4.69) is 24.1 Å². The Morgan fingerprint density at radius 1 is 1.43 bits per heavy atom. The molecule has 2 nitrogen and oxygen atoms in total. The van der Waals surface area contributed by atoms with E-state index in [9.17, 15) is 0 Å². The molecule has 2 aliphatic heterocycles. The highest BCUT2D eigenvalue weighted by molar-refractivity contribution is 5.00. The summed E-state index contributed by atoms with van der Waals surface area (Å²) < 4.78 is 0. The van der Waals surface area contributed by atoms with Gasteiger partial charge in [0.15, 0.2) is 0 Å². The maximum atomic E-state index is 3.78. The molecule has 0 aromatic rings. The number of hydrogen-bond donors (Lipinski definition) is 1. The highest BCUT2D eigenvalue weighted by Crippen LogP contribution is 2.36. The number of rotatable bonds is 3. The Morgan fingerprint density at radius 2 is 2.29 bits per heavy atom. The van der Waals surface area contributed by atoms with E-state index in [-0.39, 0.29) is 0 Å². The lowest BCUT2D eigenvalue weighted by Crippen LogP contribution is -2.47. The summed E-state index contributed by atoms with van der Waals surface area (Å²) in [6, 6.07) is 0. The molecule has 1 N–H and O–H groups in total. The smallest absolute Gasteiger partial charge is 0.0220 e. The van der Waals surface area contributed by atoms with Gasteiger partial charge in [-0.1, -0.05) is 13.8 Å². The van der Waals surface area contributed by atoms with Crippen molar-refractivity contribution in [2.75, 3.05) is 26.2 Å². The SMILES string of the molecule is CCN1CCC(C2(CC)CCCN2)C1. The van der Waals surface area contributed by atoms with E-state index in [0.29, 0.717) is 5.54 Å². The van der Waals surface area contributed by atoms with Crippen molar-refractivity contribution in [1.29, 1.82) is 0 Å². The molecular formula is C12H24N2. The van der Waals surface area contributed by atoms with E-state index in [1.807, 2.05) is 0 Å². The monoisotopic (exact) mass is 196 g/mol. The average Bonchev–Trinajstić information content (AvgIpc) is 2.87. The Bertz CT molecular complexity index is 185. The minimum Gasteiger partial charge on any atom is -0.311 e. The fraction of sp³-hybridized carbons (Fsp3) is 1.00. The highest BCUT2D eigenvalue weighted by Gasteiger charge is 2.42. The molecular weight excluding hydrogens is 172 g/mol. The van der Waals surface area contributed by atoms with Crippen molar-refractivity contribution in [1.82, 2.24) is 10.2 Å². The lowest BCUT2D eigenvalue weighted by atomic mass is 9.80. The van der Waals surface area contributed by atoms with Crippen molar-refractivity contribution in [3.8, 4) is 0 Å². The third-order valence-corrected chi connectivity index (χ3v) is 4.41. The molecule has 2 saturated heterocycles. The van der Waals surface area contributed by atoms with Crippen LogP contribution in [0.1, 0.15) is 39.5 Å². The predicted octanol–water partition coefficient (Wildman–Crippen LogP) is 1.86. The van der Waals surface area contributed by atoms with Crippen LogP contribution in [0.5, 0.6) is 0 Å². The maximum Gasteiger partial charge on any atom is 0.0220 e. The molecule has 0 bridgehead atoms. The van der Waals surface area contributed by atoms with Gasteiger partial charge in [-0.3, -0.25) is 0 Å². The van der Waals surface area contributed by atoms with Crippen molar-refractivity contribution >= 4 is 0 Å². The van der Waals surface area contributed by atoms with Gasteiger partial charge in [0, 0.05) is 12.1 Å². The number of hydrogen-bond acceptors (Lipinski definition) is 2. The lowest BCUT2D eigenvalue weighted by molar-refractivity contribution is 0.222. The Labute approximate surface area is 88.1 Å².